The van der Waals surface area contributed by atoms with Gasteiger partial charge in [-0.25, -0.2) is 14.8 Å². The van der Waals surface area contributed by atoms with Crippen LogP contribution < -0.4 is 15.4 Å². The molecule has 0 radical (unpaired) electrons. The Bertz CT molecular complexity index is 870. The monoisotopic (exact) mass is 354 g/mol. The molecular formula is C18H15ClN4O2. The molecule has 1 heterocycles. The first-order valence-electron chi connectivity index (χ1n) is 7.49. The lowest BCUT2D eigenvalue weighted by atomic mass is 10.2. The Morgan fingerprint density at radius 1 is 1.04 bits per heavy atom. The number of anilines is 2. The van der Waals surface area contributed by atoms with Crippen LogP contribution in [0.1, 0.15) is 5.56 Å². The van der Waals surface area contributed by atoms with Crippen LogP contribution >= 0.6 is 11.6 Å². The number of aromatic nitrogens is 2. The largest absolute Gasteiger partial charge is 0.424 e. The Morgan fingerprint density at radius 3 is 2.44 bits per heavy atom. The molecule has 0 fully saturated rings. The van der Waals surface area contributed by atoms with Gasteiger partial charge in [0.25, 0.3) is 0 Å². The van der Waals surface area contributed by atoms with E-state index in [1.54, 1.807) is 24.3 Å². The van der Waals surface area contributed by atoms with Crippen molar-refractivity contribution in [1.82, 2.24) is 9.97 Å². The summed E-state index contributed by atoms with van der Waals surface area (Å²) in [5.41, 5.74) is 1.97. The number of amides is 2. The maximum absolute atomic E-state index is 12.0. The van der Waals surface area contributed by atoms with E-state index in [-0.39, 0.29) is 6.01 Å². The minimum atomic E-state index is -0.439. The summed E-state index contributed by atoms with van der Waals surface area (Å²) in [5, 5.41) is 5.78. The van der Waals surface area contributed by atoms with Crippen LogP contribution in [0.3, 0.4) is 0 Å². The second-order valence-corrected chi connectivity index (χ2v) is 5.64. The Labute approximate surface area is 149 Å². The maximum Gasteiger partial charge on any atom is 0.323 e. The highest BCUT2D eigenvalue weighted by atomic mass is 35.5. The molecule has 2 N–H and O–H groups in total. The van der Waals surface area contributed by atoms with Crippen LogP contribution in [0.2, 0.25) is 5.02 Å². The maximum atomic E-state index is 12.0. The predicted octanol–water partition coefficient (Wildman–Crippen LogP) is 4.87. The van der Waals surface area contributed by atoms with Gasteiger partial charge in [0.15, 0.2) is 0 Å². The van der Waals surface area contributed by atoms with Gasteiger partial charge in [0.2, 0.25) is 0 Å². The molecule has 0 aliphatic heterocycles. The number of aryl methyl sites for hydroxylation is 1. The molecule has 7 heteroatoms. The van der Waals surface area contributed by atoms with Crippen molar-refractivity contribution in [2.45, 2.75) is 6.92 Å². The summed E-state index contributed by atoms with van der Waals surface area (Å²) in [6.45, 7) is 1.92. The molecule has 126 valence electrons. The zero-order valence-electron chi connectivity index (χ0n) is 13.4. The summed E-state index contributed by atoms with van der Waals surface area (Å²) in [5.74, 6) is 0.634. The lowest BCUT2D eigenvalue weighted by Crippen LogP contribution is -2.19. The minimum Gasteiger partial charge on any atom is -0.424 e. The summed E-state index contributed by atoms with van der Waals surface area (Å²) in [6, 6.07) is 14.3. The van der Waals surface area contributed by atoms with Crippen LogP contribution in [-0.2, 0) is 0 Å². The number of hydrogen-bond acceptors (Lipinski definition) is 4. The van der Waals surface area contributed by atoms with Crippen LogP contribution in [0.15, 0.2) is 60.9 Å². The third kappa shape index (κ3) is 4.68. The van der Waals surface area contributed by atoms with Crippen molar-refractivity contribution in [2.24, 2.45) is 0 Å². The lowest BCUT2D eigenvalue weighted by Gasteiger charge is -2.09. The number of para-hydroxylation sites is 1. The summed E-state index contributed by atoms with van der Waals surface area (Å²) in [4.78, 5) is 20.1. The van der Waals surface area contributed by atoms with Crippen molar-refractivity contribution in [3.63, 3.8) is 0 Å². The van der Waals surface area contributed by atoms with Gasteiger partial charge in [0.1, 0.15) is 5.75 Å². The standard InChI is InChI=1S/C18H15ClN4O2/c1-12-7-8-16(15(19)9-12)23-17(24)22-13-10-20-18(21-11-13)25-14-5-3-2-4-6-14/h2-11H,1H3,(H2,22,23,24). The normalized spacial score (nSPS) is 10.2. The summed E-state index contributed by atoms with van der Waals surface area (Å²) < 4.78 is 5.49. The van der Waals surface area contributed by atoms with Crippen molar-refractivity contribution in [2.75, 3.05) is 10.6 Å². The second-order valence-electron chi connectivity index (χ2n) is 5.23. The number of nitrogens with one attached hydrogen (secondary N) is 2. The molecule has 0 aliphatic rings. The molecule has 0 atom stereocenters. The van der Waals surface area contributed by atoms with E-state index in [1.807, 2.05) is 31.2 Å². The third-order valence-electron chi connectivity index (χ3n) is 3.21. The van der Waals surface area contributed by atoms with Gasteiger partial charge < -0.3 is 15.4 Å². The molecule has 0 saturated heterocycles. The first kappa shape index (κ1) is 16.7. The van der Waals surface area contributed by atoms with Crippen molar-refractivity contribution in [1.29, 1.82) is 0 Å². The van der Waals surface area contributed by atoms with Gasteiger partial charge >= 0.3 is 12.0 Å². The average Bonchev–Trinajstić information content (AvgIpc) is 2.60. The number of ether oxygens (including phenoxy) is 1. The van der Waals surface area contributed by atoms with Gasteiger partial charge in [-0.05, 0) is 36.8 Å². The topological polar surface area (TPSA) is 76.1 Å². The fourth-order valence-corrected chi connectivity index (χ4v) is 2.32. The highest BCUT2D eigenvalue weighted by Gasteiger charge is 2.07. The molecule has 0 spiro atoms. The molecule has 2 amide bonds. The number of hydrogen-bond donors (Lipinski definition) is 2. The molecule has 3 rings (SSSR count). The molecule has 6 nitrogen and oxygen atoms in total. The second kappa shape index (κ2) is 7.63. The molecule has 3 aromatic rings. The average molecular weight is 355 g/mol. The van der Waals surface area contributed by atoms with Gasteiger partial charge in [0.05, 0.1) is 28.8 Å². The molecule has 25 heavy (non-hydrogen) atoms. The molecule has 2 aromatic carbocycles. The van der Waals surface area contributed by atoms with Crippen molar-refractivity contribution >= 4 is 29.0 Å². The lowest BCUT2D eigenvalue weighted by molar-refractivity contribution is 0.262. The number of nitrogens with zero attached hydrogens (tertiary/aromatic N) is 2. The summed E-state index contributed by atoms with van der Waals surface area (Å²) in [6.07, 6.45) is 2.92. The van der Waals surface area contributed by atoms with Gasteiger partial charge in [-0.2, -0.15) is 0 Å². The van der Waals surface area contributed by atoms with Crippen molar-refractivity contribution < 1.29 is 9.53 Å². The van der Waals surface area contributed by atoms with E-state index in [1.165, 1.54) is 12.4 Å². The Morgan fingerprint density at radius 2 is 1.76 bits per heavy atom. The molecule has 0 bridgehead atoms. The van der Waals surface area contributed by atoms with Crippen LogP contribution in [0, 0.1) is 6.92 Å². The van der Waals surface area contributed by atoms with Gasteiger partial charge in [0, 0.05) is 0 Å². The quantitative estimate of drug-likeness (QED) is 0.700. The van der Waals surface area contributed by atoms with Crippen LogP contribution in [0.25, 0.3) is 0 Å². The van der Waals surface area contributed by atoms with E-state index in [4.69, 9.17) is 16.3 Å². The summed E-state index contributed by atoms with van der Waals surface area (Å²) in [7, 11) is 0. The van der Waals surface area contributed by atoms with Gasteiger partial charge in [-0.3, -0.25) is 0 Å². The zero-order valence-corrected chi connectivity index (χ0v) is 14.1. The zero-order chi connectivity index (χ0) is 17.6. The highest BCUT2D eigenvalue weighted by Crippen LogP contribution is 2.23. The van der Waals surface area contributed by atoms with E-state index >= 15 is 0 Å². The Kier molecular flexibility index (Phi) is 5.11. The minimum absolute atomic E-state index is 0.193. The SMILES string of the molecule is Cc1ccc(NC(=O)Nc2cnc(Oc3ccccc3)nc2)c(Cl)c1. The molecule has 0 saturated carbocycles. The van der Waals surface area contributed by atoms with E-state index in [9.17, 15) is 4.79 Å². The van der Waals surface area contributed by atoms with Crippen LogP contribution in [0.4, 0.5) is 16.2 Å². The number of carbonyl (C=O) groups excluding carboxylic acids is 1. The molecular weight excluding hydrogens is 340 g/mol. The number of rotatable bonds is 4. The first-order valence-corrected chi connectivity index (χ1v) is 7.87. The number of urea groups is 1. The molecule has 1 aromatic heterocycles. The van der Waals surface area contributed by atoms with E-state index < -0.39 is 6.03 Å². The van der Waals surface area contributed by atoms with Crippen LogP contribution in [-0.4, -0.2) is 16.0 Å². The number of halogens is 1. The Balaban J connectivity index is 1.60. The smallest absolute Gasteiger partial charge is 0.323 e. The number of benzene rings is 2. The van der Waals surface area contributed by atoms with Gasteiger partial charge in [-0.15, -0.1) is 0 Å². The Hall–Kier alpha value is -3.12. The third-order valence-corrected chi connectivity index (χ3v) is 3.52. The van der Waals surface area contributed by atoms with E-state index in [0.29, 0.717) is 22.1 Å². The molecule has 0 unspecified atom stereocenters. The highest BCUT2D eigenvalue weighted by molar-refractivity contribution is 6.33. The number of carbonyl (C=O) groups is 1. The van der Waals surface area contributed by atoms with E-state index in [2.05, 4.69) is 20.6 Å². The van der Waals surface area contributed by atoms with Crippen molar-refractivity contribution in [3.05, 3.63) is 71.5 Å². The fraction of sp³-hybridized carbons (Fsp3) is 0.0556. The predicted molar refractivity (Wildman–Crippen MR) is 97.4 cm³/mol. The first-order chi connectivity index (χ1) is 12.1. The molecule has 0 aliphatic carbocycles. The fourth-order valence-electron chi connectivity index (χ4n) is 2.03. The van der Waals surface area contributed by atoms with Crippen LogP contribution in [0.5, 0.6) is 11.8 Å². The van der Waals surface area contributed by atoms with Gasteiger partial charge in [-0.1, -0.05) is 35.9 Å². The van der Waals surface area contributed by atoms with E-state index in [0.717, 1.165) is 5.56 Å². The van der Waals surface area contributed by atoms with Crippen molar-refractivity contribution in [3.8, 4) is 11.8 Å². The summed E-state index contributed by atoms with van der Waals surface area (Å²) >= 11 is 6.09.